The van der Waals surface area contributed by atoms with Crippen LogP contribution in [0.1, 0.15) is 43.1 Å². The Balaban J connectivity index is 2.27. The van der Waals surface area contributed by atoms with E-state index < -0.39 is 30.1 Å². The molecule has 9 heteroatoms. The number of benzene rings is 2. The Kier molecular flexibility index (Phi) is 7.80. The van der Waals surface area contributed by atoms with E-state index in [-0.39, 0.29) is 34.0 Å². The average Bonchev–Trinajstić information content (AvgIpc) is 2.73. The Morgan fingerprint density at radius 2 is 1.72 bits per heavy atom. The minimum absolute atomic E-state index is 0.0774. The second-order valence-electron chi connectivity index (χ2n) is 7.20. The van der Waals surface area contributed by atoms with Gasteiger partial charge in [0.1, 0.15) is 5.75 Å². The van der Waals surface area contributed by atoms with Gasteiger partial charge < -0.3 is 20.8 Å². The van der Waals surface area contributed by atoms with Crippen molar-refractivity contribution < 1.29 is 27.9 Å². The maximum atomic E-state index is 14.0. The van der Waals surface area contributed by atoms with Crippen molar-refractivity contribution in [3.63, 3.8) is 0 Å². The van der Waals surface area contributed by atoms with Gasteiger partial charge in [0, 0.05) is 28.9 Å². The van der Waals surface area contributed by atoms with Gasteiger partial charge in [0.25, 0.3) is 5.92 Å². The number of carbonyl (C=O) groups is 3. The summed E-state index contributed by atoms with van der Waals surface area (Å²) in [5, 5.41) is 12.8. The summed E-state index contributed by atoms with van der Waals surface area (Å²) in [5.41, 5.74) is -0.114. The lowest BCUT2D eigenvalue weighted by molar-refractivity contribution is -0.126. The number of alkyl halides is 2. The smallest absolute Gasteiger partial charge is 0.273 e. The highest BCUT2D eigenvalue weighted by atomic mass is 19.3. The Morgan fingerprint density at radius 1 is 1.06 bits per heavy atom. The zero-order chi connectivity index (χ0) is 24.1. The fourth-order valence-corrected chi connectivity index (χ4v) is 3.01. The third-order valence-electron chi connectivity index (χ3n) is 4.82. The summed E-state index contributed by atoms with van der Waals surface area (Å²) in [6, 6.07) is 9.61. The Labute approximate surface area is 184 Å². The summed E-state index contributed by atoms with van der Waals surface area (Å²) < 4.78 is 33.0. The largest absolute Gasteiger partial charge is 0.497 e. The molecule has 0 bridgehead atoms. The minimum Gasteiger partial charge on any atom is -0.497 e. The molecule has 2 aromatic rings. The number of nitrogens with one attached hydrogen (secondary N) is 3. The molecule has 0 heterocycles. The molecule has 2 aromatic carbocycles. The summed E-state index contributed by atoms with van der Waals surface area (Å²) in [4.78, 5) is 37.5. The van der Waals surface area contributed by atoms with Gasteiger partial charge in [-0.05, 0) is 44.2 Å². The van der Waals surface area contributed by atoms with Gasteiger partial charge in [-0.2, -0.15) is 0 Å². The van der Waals surface area contributed by atoms with Gasteiger partial charge in [-0.3, -0.25) is 14.4 Å². The van der Waals surface area contributed by atoms with Gasteiger partial charge in [0.2, 0.25) is 11.8 Å². The number of halogens is 2. The maximum absolute atomic E-state index is 14.0. The van der Waals surface area contributed by atoms with Crippen LogP contribution < -0.4 is 15.4 Å². The first-order chi connectivity index (χ1) is 15.0. The lowest BCUT2D eigenvalue weighted by atomic mass is 10.0. The van der Waals surface area contributed by atoms with Gasteiger partial charge in [0.05, 0.1) is 12.8 Å². The number of rotatable bonds is 9. The number of Topliss-reactive ketones (excluding diaryl/α,β-unsaturated/α-hetero) is 1. The van der Waals surface area contributed by atoms with E-state index in [0.717, 1.165) is 6.07 Å². The summed E-state index contributed by atoms with van der Waals surface area (Å²) in [6.07, 6.45) is -0.407. The standard InChI is InChI=1S/C23H25F2N3O4/c1-5-23(24,25)15-7-6-8-16(11-15)27-21(30)20(13(2)26)22(31)28-19-10-9-17(32-4)12-18(19)14(3)29/h6-12,20,26H,5H2,1-4H3,(H,27,30)(H,28,31). The predicted molar refractivity (Wildman–Crippen MR) is 118 cm³/mol. The van der Waals surface area contributed by atoms with Crippen LogP contribution in [0.25, 0.3) is 0 Å². The first-order valence-electron chi connectivity index (χ1n) is 9.84. The highest BCUT2D eigenvalue weighted by molar-refractivity contribution is 6.24. The van der Waals surface area contributed by atoms with Gasteiger partial charge >= 0.3 is 0 Å². The molecule has 0 aliphatic rings. The lowest BCUT2D eigenvalue weighted by Crippen LogP contribution is -2.38. The molecule has 7 nitrogen and oxygen atoms in total. The highest BCUT2D eigenvalue weighted by Gasteiger charge is 2.31. The number of methoxy groups -OCH3 is 1. The molecule has 2 amide bonds. The molecule has 0 aliphatic carbocycles. The average molecular weight is 445 g/mol. The van der Waals surface area contributed by atoms with Crippen LogP contribution in [-0.4, -0.2) is 30.4 Å². The molecule has 0 fully saturated rings. The summed E-state index contributed by atoms with van der Waals surface area (Å²) in [7, 11) is 1.43. The van der Waals surface area contributed by atoms with Crippen molar-refractivity contribution in [2.75, 3.05) is 17.7 Å². The number of amides is 2. The molecule has 1 unspecified atom stereocenters. The molecule has 0 spiro atoms. The van der Waals surface area contributed by atoms with E-state index >= 15 is 0 Å². The number of hydrogen-bond acceptors (Lipinski definition) is 5. The lowest BCUT2D eigenvalue weighted by Gasteiger charge is -2.19. The van der Waals surface area contributed by atoms with Gasteiger partial charge in [0.15, 0.2) is 11.7 Å². The van der Waals surface area contributed by atoms with Crippen molar-refractivity contribution in [1.82, 2.24) is 0 Å². The minimum atomic E-state index is -3.06. The predicted octanol–water partition coefficient (Wildman–Crippen LogP) is 4.63. The Morgan fingerprint density at radius 3 is 2.28 bits per heavy atom. The van der Waals surface area contributed by atoms with Gasteiger partial charge in [-0.15, -0.1) is 0 Å². The van der Waals surface area contributed by atoms with Crippen molar-refractivity contribution in [2.24, 2.45) is 5.92 Å². The van der Waals surface area contributed by atoms with E-state index in [1.807, 2.05) is 0 Å². The number of ketones is 1. The number of hydrogen-bond donors (Lipinski definition) is 3. The SMILES string of the molecule is CCC(F)(F)c1cccc(NC(=O)C(C(C)=N)C(=O)Nc2ccc(OC)cc2C(C)=O)c1. The topological polar surface area (TPSA) is 108 Å². The van der Waals surface area contributed by atoms with Crippen LogP contribution >= 0.6 is 0 Å². The fraction of sp³-hybridized carbons (Fsp3) is 0.304. The van der Waals surface area contributed by atoms with Crippen molar-refractivity contribution in [1.29, 1.82) is 5.41 Å². The first-order valence-corrected chi connectivity index (χ1v) is 9.84. The van der Waals surface area contributed by atoms with Crippen LogP contribution in [0.5, 0.6) is 5.75 Å². The summed E-state index contributed by atoms with van der Waals surface area (Å²) >= 11 is 0. The van der Waals surface area contributed by atoms with E-state index in [1.54, 1.807) is 0 Å². The van der Waals surface area contributed by atoms with Crippen molar-refractivity contribution in [3.05, 3.63) is 53.6 Å². The normalized spacial score (nSPS) is 11.9. The third-order valence-corrected chi connectivity index (χ3v) is 4.82. The molecule has 0 saturated carbocycles. The molecule has 0 saturated heterocycles. The zero-order valence-corrected chi connectivity index (χ0v) is 18.2. The number of ether oxygens (including phenoxy) is 1. The highest BCUT2D eigenvalue weighted by Crippen LogP contribution is 2.32. The Hall–Kier alpha value is -3.62. The monoisotopic (exact) mass is 445 g/mol. The molecular formula is C23H25F2N3O4. The number of anilines is 2. The third kappa shape index (κ3) is 5.75. The van der Waals surface area contributed by atoms with Crippen LogP contribution in [0, 0.1) is 11.3 Å². The zero-order valence-electron chi connectivity index (χ0n) is 18.2. The first kappa shape index (κ1) is 24.6. The van der Waals surface area contributed by atoms with Crippen molar-refractivity contribution in [3.8, 4) is 5.75 Å². The van der Waals surface area contributed by atoms with E-state index in [1.165, 1.54) is 64.3 Å². The molecule has 170 valence electrons. The van der Waals surface area contributed by atoms with Gasteiger partial charge in [-0.1, -0.05) is 19.1 Å². The molecule has 32 heavy (non-hydrogen) atoms. The molecule has 2 rings (SSSR count). The number of carbonyl (C=O) groups excluding carboxylic acids is 3. The van der Waals surface area contributed by atoms with Crippen LogP contribution in [0.4, 0.5) is 20.2 Å². The molecule has 3 N–H and O–H groups in total. The summed E-state index contributed by atoms with van der Waals surface area (Å²) in [6.45, 7) is 3.94. The summed E-state index contributed by atoms with van der Waals surface area (Å²) in [5.74, 6) is -6.21. The molecule has 0 radical (unpaired) electrons. The second kappa shape index (κ2) is 10.1. The van der Waals surface area contributed by atoms with Crippen LogP contribution in [-0.2, 0) is 15.5 Å². The second-order valence-corrected chi connectivity index (χ2v) is 7.20. The van der Waals surface area contributed by atoms with Crippen molar-refractivity contribution in [2.45, 2.75) is 33.1 Å². The molecule has 0 aromatic heterocycles. The molecular weight excluding hydrogens is 420 g/mol. The van der Waals surface area contributed by atoms with E-state index in [0.29, 0.717) is 5.75 Å². The van der Waals surface area contributed by atoms with Gasteiger partial charge in [-0.25, -0.2) is 8.78 Å². The van der Waals surface area contributed by atoms with E-state index in [2.05, 4.69) is 10.6 Å². The van der Waals surface area contributed by atoms with Crippen molar-refractivity contribution >= 4 is 34.7 Å². The van der Waals surface area contributed by atoms with Crippen LogP contribution in [0.3, 0.4) is 0 Å². The van der Waals surface area contributed by atoms with E-state index in [9.17, 15) is 23.2 Å². The maximum Gasteiger partial charge on any atom is 0.273 e. The van der Waals surface area contributed by atoms with Crippen LogP contribution in [0.15, 0.2) is 42.5 Å². The molecule has 0 aliphatic heterocycles. The Bertz CT molecular complexity index is 1050. The van der Waals surface area contributed by atoms with Crippen LogP contribution in [0.2, 0.25) is 0 Å². The van der Waals surface area contributed by atoms with E-state index in [4.69, 9.17) is 10.1 Å². The quantitative estimate of drug-likeness (QED) is 0.297. The molecule has 1 atom stereocenters. The fourth-order valence-electron chi connectivity index (χ4n) is 3.01.